The summed E-state index contributed by atoms with van der Waals surface area (Å²) in [6.07, 6.45) is 2.86. The highest BCUT2D eigenvalue weighted by atomic mass is 28.4. The first-order valence-electron chi connectivity index (χ1n) is 5.49. The van der Waals surface area contributed by atoms with Crippen LogP contribution in [0.2, 0.25) is 6.04 Å². The molecule has 0 aromatic rings. The summed E-state index contributed by atoms with van der Waals surface area (Å²) in [5.41, 5.74) is -0.0303. The Bertz CT molecular complexity index is 197. The van der Waals surface area contributed by atoms with Gasteiger partial charge in [0.2, 0.25) is 0 Å². The summed E-state index contributed by atoms with van der Waals surface area (Å²) in [6, 6.07) is 0.816. The molecule has 96 valence electrons. The van der Waals surface area contributed by atoms with Crippen LogP contribution in [-0.4, -0.2) is 42.2 Å². The second-order valence-corrected chi connectivity index (χ2v) is 7.34. The minimum absolute atomic E-state index is 0.0303. The quantitative estimate of drug-likeness (QED) is 0.383. The van der Waals surface area contributed by atoms with Gasteiger partial charge in [0.1, 0.15) is 0 Å². The van der Waals surface area contributed by atoms with Gasteiger partial charge in [-0.05, 0) is 26.8 Å². The molecule has 0 radical (unpaired) electrons. The normalized spacial score (nSPS) is 12.8. The molecule has 1 N–H and O–H groups in total. The summed E-state index contributed by atoms with van der Waals surface area (Å²) < 4.78 is 16.0. The molecule has 5 heteroatoms. The molecule has 0 heterocycles. The van der Waals surface area contributed by atoms with E-state index >= 15 is 0 Å². The summed E-state index contributed by atoms with van der Waals surface area (Å²) in [6.45, 7) is 8.86. The Labute approximate surface area is 100 Å². The summed E-state index contributed by atoms with van der Waals surface area (Å²) in [7, 11) is 2.53. The fraction of sp³-hybridized carbons (Fsp3) is 0.818. The lowest BCUT2D eigenvalue weighted by Gasteiger charge is -2.26. The van der Waals surface area contributed by atoms with E-state index in [1.165, 1.54) is 0 Å². The molecule has 4 nitrogen and oxygen atoms in total. The van der Waals surface area contributed by atoms with E-state index in [4.69, 9.17) is 13.3 Å². The van der Waals surface area contributed by atoms with E-state index in [1.807, 2.05) is 6.08 Å². The average molecular weight is 247 g/mol. The predicted octanol–water partition coefficient (Wildman–Crippen LogP) is 1.81. The predicted molar refractivity (Wildman–Crippen MR) is 68.5 cm³/mol. The number of nitrogens with one attached hydrogen (secondary N) is 1. The maximum atomic E-state index is 5.34. The van der Waals surface area contributed by atoms with Crippen LogP contribution in [0.3, 0.4) is 0 Å². The minimum atomic E-state index is -2.39. The van der Waals surface area contributed by atoms with E-state index in [0.717, 1.165) is 19.0 Å². The van der Waals surface area contributed by atoms with Crippen LogP contribution >= 0.6 is 0 Å². The molecule has 0 aromatic heterocycles. The molecule has 0 aromatic carbocycles. The first-order chi connectivity index (χ1) is 7.45. The maximum absolute atomic E-state index is 5.34. The van der Waals surface area contributed by atoms with Crippen molar-refractivity contribution < 1.29 is 13.3 Å². The molecule has 16 heavy (non-hydrogen) atoms. The molecule has 0 aliphatic carbocycles. The molecule has 0 bridgehead atoms. The van der Waals surface area contributed by atoms with E-state index in [9.17, 15) is 0 Å². The molecule has 0 amide bonds. The highest BCUT2D eigenvalue weighted by molar-refractivity contribution is 6.60. The van der Waals surface area contributed by atoms with Crippen LogP contribution in [0.15, 0.2) is 12.7 Å². The van der Waals surface area contributed by atoms with Crippen molar-refractivity contribution in [2.24, 2.45) is 0 Å². The van der Waals surface area contributed by atoms with Crippen LogP contribution in [0.1, 0.15) is 20.3 Å². The summed E-state index contributed by atoms with van der Waals surface area (Å²) >= 11 is 0. The van der Waals surface area contributed by atoms with Gasteiger partial charge in [-0.3, -0.25) is 0 Å². The molecule has 0 aliphatic rings. The van der Waals surface area contributed by atoms with Crippen molar-refractivity contribution >= 4 is 8.80 Å². The van der Waals surface area contributed by atoms with Gasteiger partial charge in [-0.15, -0.1) is 6.58 Å². The van der Waals surface area contributed by atoms with Gasteiger partial charge in [0, 0.05) is 32.9 Å². The van der Waals surface area contributed by atoms with Crippen LogP contribution in [0.5, 0.6) is 0 Å². The van der Waals surface area contributed by atoms with Gasteiger partial charge in [0.25, 0.3) is 0 Å². The standard InChI is InChI=1S/C11H25NO3Si/c1-7-11(2,3)12-9-8-10-16(13-4,14-5)15-6/h7,12H,1,8-10H2,2-6H3. The Hall–Kier alpha value is -0.203. The van der Waals surface area contributed by atoms with Gasteiger partial charge in [0.05, 0.1) is 0 Å². The number of hydrogen-bond acceptors (Lipinski definition) is 4. The second-order valence-electron chi connectivity index (χ2n) is 4.25. The van der Waals surface area contributed by atoms with Crippen LogP contribution in [0.4, 0.5) is 0 Å². The van der Waals surface area contributed by atoms with Crippen molar-refractivity contribution in [2.45, 2.75) is 31.9 Å². The molecule has 0 unspecified atom stereocenters. The lowest BCUT2D eigenvalue weighted by molar-refractivity contribution is 0.123. The van der Waals surface area contributed by atoms with Crippen molar-refractivity contribution in [1.29, 1.82) is 0 Å². The van der Waals surface area contributed by atoms with Gasteiger partial charge in [-0.2, -0.15) is 0 Å². The van der Waals surface area contributed by atoms with E-state index in [2.05, 4.69) is 25.7 Å². The highest BCUT2D eigenvalue weighted by Gasteiger charge is 2.36. The van der Waals surface area contributed by atoms with Crippen molar-refractivity contribution in [3.63, 3.8) is 0 Å². The van der Waals surface area contributed by atoms with Crippen molar-refractivity contribution in [1.82, 2.24) is 5.32 Å². The molecule has 0 saturated heterocycles. The third kappa shape index (κ3) is 5.22. The Morgan fingerprint density at radius 3 is 2.06 bits per heavy atom. The van der Waals surface area contributed by atoms with Gasteiger partial charge in [-0.25, -0.2) is 0 Å². The van der Waals surface area contributed by atoms with E-state index in [-0.39, 0.29) is 5.54 Å². The van der Waals surface area contributed by atoms with Crippen molar-refractivity contribution in [2.75, 3.05) is 27.9 Å². The number of hydrogen-bond donors (Lipinski definition) is 1. The van der Waals surface area contributed by atoms with Crippen LogP contribution in [0, 0.1) is 0 Å². The van der Waals surface area contributed by atoms with E-state index in [0.29, 0.717) is 0 Å². The van der Waals surface area contributed by atoms with Crippen molar-refractivity contribution in [3.8, 4) is 0 Å². The van der Waals surface area contributed by atoms with Crippen molar-refractivity contribution in [3.05, 3.63) is 12.7 Å². The third-order valence-electron chi connectivity index (χ3n) is 2.68. The Morgan fingerprint density at radius 2 is 1.69 bits per heavy atom. The van der Waals surface area contributed by atoms with Gasteiger partial charge in [-0.1, -0.05) is 6.08 Å². The fourth-order valence-corrected chi connectivity index (χ4v) is 3.07. The molecule has 0 spiro atoms. The van der Waals surface area contributed by atoms with Gasteiger partial charge < -0.3 is 18.6 Å². The Kier molecular flexibility index (Phi) is 7.10. The zero-order valence-corrected chi connectivity index (χ0v) is 12.1. The van der Waals surface area contributed by atoms with Gasteiger partial charge in [0.15, 0.2) is 0 Å². The SMILES string of the molecule is C=CC(C)(C)NCCC[Si](OC)(OC)OC. The zero-order valence-electron chi connectivity index (χ0n) is 11.1. The van der Waals surface area contributed by atoms with Crippen LogP contribution < -0.4 is 5.32 Å². The maximum Gasteiger partial charge on any atom is 0.500 e. The first kappa shape index (κ1) is 15.8. The molecular formula is C11H25NO3Si. The average Bonchev–Trinajstić information content (AvgIpc) is 2.30. The monoisotopic (exact) mass is 247 g/mol. The summed E-state index contributed by atoms with van der Waals surface area (Å²) in [4.78, 5) is 0. The molecule has 0 fully saturated rings. The lowest BCUT2D eigenvalue weighted by atomic mass is 10.1. The molecular weight excluding hydrogens is 222 g/mol. The molecule has 0 rings (SSSR count). The summed E-state index contributed by atoms with van der Waals surface area (Å²) in [5.74, 6) is 0. The van der Waals surface area contributed by atoms with E-state index < -0.39 is 8.80 Å². The van der Waals surface area contributed by atoms with Crippen LogP contribution in [0.25, 0.3) is 0 Å². The molecule has 0 saturated carbocycles. The smallest absolute Gasteiger partial charge is 0.377 e. The third-order valence-corrected chi connectivity index (χ3v) is 5.52. The molecule has 0 atom stereocenters. The van der Waals surface area contributed by atoms with Crippen LogP contribution in [-0.2, 0) is 13.3 Å². The topological polar surface area (TPSA) is 39.7 Å². The minimum Gasteiger partial charge on any atom is -0.377 e. The van der Waals surface area contributed by atoms with E-state index in [1.54, 1.807) is 21.3 Å². The van der Waals surface area contributed by atoms with Gasteiger partial charge >= 0.3 is 8.80 Å². The summed E-state index contributed by atoms with van der Waals surface area (Å²) in [5, 5.41) is 3.39. The molecule has 0 aliphatic heterocycles. The highest BCUT2D eigenvalue weighted by Crippen LogP contribution is 2.14. The Morgan fingerprint density at radius 1 is 1.19 bits per heavy atom. The second kappa shape index (κ2) is 7.19. The first-order valence-corrected chi connectivity index (χ1v) is 7.42. The zero-order chi connectivity index (χ0) is 12.7. The largest absolute Gasteiger partial charge is 0.500 e. The fourth-order valence-electron chi connectivity index (χ4n) is 1.34. The lowest BCUT2D eigenvalue weighted by Crippen LogP contribution is -2.44. The Balaban J connectivity index is 3.92. The number of rotatable bonds is 9.